The second-order valence-electron chi connectivity index (χ2n) is 5.54. The summed E-state index contributed by atoms with van der Waals surface area (Å²) in [4.78, 5) is 14.3. The average molecular weight is 275 g/mol. The number of anilines is 1. The van der Waals surface area contributed by atoms with Crippen molar-refractivity contribution in [3.8, 4) is 0 Å². The second kappa shape index (κ2) is 7.29. The van der Waals surface area contributed by atoms with Crippen molar-refractivity contribution in [2.24, 2.45) is 0 Å². The number of rotatable bonds is 5. The third-order valence-electron chi connectivity index (χ3n) is 3.69. The standard InChI is InChI=1S/C16H25N3O/c1-3-11-19(12-15-5-4-10-17-15)16(20)18-14-8-6-13(2)7-9-14/h6-9,15,17H,3-5,10-12H2,1-2H3,(H,18,20). The van der Waals surface area contributed by atoms with Crippen LogP contribution >= 0.6 is 0 Å². The van der Waals surface area contributed by atoms with Crippen molar-refractivity contribution in [1.29, 1.82) is 0 Å². The highest BCUT2D eigenvalue weighted by molar-refractivity contribution is 5.89. The molecule has 1 aromatic rings. The van der Waals surface area contributed by atoms with Gasteiger partial charge in [-0.3, -0.25) is 0 Å². The molecule has 1 aliphatic heterocycles. The summed E-state index contributed by atoms with van der Waals surface area (Å²) in [6.45, 7) is 6.82. The average Bonchev–Trinajstić information content (AvgIpc) is 2.94. The van der Waals surface area contributed by atoms with Gasteiger partial charge in [-0.15, -0.1) is 0 Å². The Hall–Kier alpha value is -1.55. The molecule has 0 aromatic heterocycles. The number of urea groups is 1. The molecule has 1 fully saturated rings. The number of amides is 2. The number of hydrogen-bond acceptors (Lipinski definition) is 2. The number of aryl methyl sites for hydroxylation is 1. The molecule has 1 atom stereocenters. The van der Waals surface area contributed by atoms with Crippen LogP contribution in [0.2, 0.25) is 0 Å². The molecule has 0 radical (unpaired) electrons. The van der Waals surface area contributed by atoms with Gasteiger partial charge in [0.15, 0.2) is 0 Å². The number of nitrogens with zero attached hydrogens (tertiary/aromatic N) is 1. The van der Waals surface area contributed by atoms with E-state index in [4.69, 9.17) is 0 Å². The predicted octanol–water partition coefficient (Wildman–Crippen LogP) is 2.99. The van der Waals surface area contributed by atoms with Crippen molar-refractivity contribution in [1.82, 2.24) is 10.2 Å². The van der Waals surface area contributed by atoms with Crippen molar-refractivity contribution in [3.05, 3.63) is 29.8 Å². The number of nitrogens with one attached hydrogen (secondary N) is 2. The summed E-state index contributed by atoms with van der Waals surface area (Å²) >= 11 is 0. The monoisotopic (exact) mass is 275 g/mol. The lowest BCUT2D eigenvalue weighted by atomic mass is 10.2. The van der Waals surface area contributed by atoms with Crippen LogP contribution in [0.3, 0.4) is 0 Å². The Bertz CT molecular complexity index is 424. The molecule has 1 unspecified atom stereocenters. The molecule has 0 spiro atoms. The topological polar surface area (TPSA) is 44.4 Å². The maximum absolute atomic E-state index is 12.4. The molecule has 0 aliphatic carbocycles. The van der Waals surface area contributed by atoms with E-state index in [0.29, 0.717) is 6.04 Å². The minimum atomic E-state index is 0.00408. The van der Waals surface area contributed by atoms with E-state index in [1.54, 1.807) is 0 Å². The van der Waals surface area contributed by atoms with Gasteiger partial charge < -0.3 is 15.5 Å². The quantitative estimate of drug-likeness (QED) is 0.867. The normalized spacial score (nSPS) is 18.0. The van der Waals surface area contributed by atoms with E-state index in [1.165, 1.54) is 12.0 Å². The molecule has 110 valence electrons. The van der Waals surface area contributed by atoms with Gasteiger partial charge in [0, 0.05) is 24.8 Å². The van der Waals surface area contributed by atoms with E-state index in [-0.39, 0.29) is 6.03 Å². The summed E-state index contributed by atoms with van der Waals surface area (Å²) < 4.78 is 0. The zero-order valence-electron chi connectivity index (χ0n) is 12.5. The van der Waals surface area contributed by atoms with E-state index in [0.717, 1.165) is 38.2 Å². The summed E-state index contributed by atoms with van der Waals surface area (Å²) in [5.41, 5.74) is 2.06. The van der Waals surface area contributed by atoms with Crippen LogP contribution in [0.1, 0.15) is 31.7 Å². The Morgan fingerprint density at radius 1 is 1.40 bits per heavy atom. The van der Waals surface area contributed by atoms with Gasteiger partial charge in [-0.05, 0) is 44.9 Å². The van der Waals surface area contributed by atoms with Gasteiger partial charge in [0.05, 0.1) is 0 Å². The molecule has 1 heterocycles. The van der Waals surface area contributed by atoms with Crippen LogP contribution in [0, 0.1) is 6.92 Å². The third kappa shape index (κ3) is 4.23. The maximum Gasteiger partial charge on any atom is 0.321 e. The molecule has 4 heteroatoms. The van der Waals surface area contributed by atoms with E-state index in [9.17, 15) is 4.79 Å². The van der Waals surface area contributed by atoms with Crippen LogP contribution in [-0.2, 0) is 0 Å². The first-order valence-electron chi connectivity index (χ1n) is 7.55. The summed E-state index contributed by atoms with van der Waals surface area (Å²) in [7, 11) is 0. The maximum atomic E-state index is 12.4. The van der Waals surface area contributed by atoms with Crippen LogP contribution in [0.4, 0.5) is 10.5 Å². The van der Waals surface area contributed by atoms with Crippen LogP contribution in [0.5, 0.6) is 0 Å². The lowest BCUT2D eigenvalue weighted by Gasteiger charge is -2.25. The highest BCUT2D eigenvalue weighted by atomic mass is 16.2. The van der Waals surface area contributed by atoms with Gasteiger partial charge in [0.1, 0.15) is 0 Å². The minimum Gasteiger partial charge on any atom is -0.323 e. The zero-order chi connectivity index (χ0) is 14.4. The largest absolute Gasteiger partial charge is 0.323 e. The fourth-order valence-electron chi connectivity index (χ4n) is 2.56. The molecule has 2 amide bonds. The van der Waals surface area contributed by atoms with Gasteiger partial charge in [-0.2, -0.15) is 0 Å². The summed E-state index contributed by atoms with van der Waals surface area (Å²) in [6, 6.07) is 8.38. The third-order valence-corrected chi connectivity index (χ3v) is 3.69. The number of benzene rings is 1. The van der Waals surface area contributed by atoms with Crippen LogP contribution in [-0.4, -0.2) is 36.6 Å². The smallest absolute Gasteiger partial charge is 0.321 e. The molecule has 20 heavy (non-hydrogen) atoms. The second-order valence-corrected chi connectivity index (χ2v) is 5.54. The van der Waals surface area contributed by atoms with Crippen LogP contribution < -0.4 is 10.6 Å². The summed E-state index contributed by atoms with van der Waals surface area (Å²) in [5, 5.41) is 6.44. The predicted molar refractivity (Wildman–Crippen MR) is 83.1 cm³/mol. The molecule has 1 saturated heterocycles. The highest BCUT2D eigenvalue weighted by Crippen LogP contribution is 2.12. The number of hydrogen-bond donors (Lipinski definition) is 2. The molecule has 1 aromatic carbocycles. The molecule has 0 bridgehead atoms. The molecular formula is C16H25N3O. The van der Waals surface area contributed by atoms with E-state index >= 15 is 0 Å². The van der Waals surface area contributed by atoms with Gasteiger partial charge in [0.2, 0.25) is 0 Å². The molecule has 2 N–H and O–H groups in total. The van der Waals surface area contributed by atoms with Gasteiger partial charge in [0.25, 0.3) is 0 Å². The van der Waals surface area contributed by atoms with Crippen molar-refractivity contribution < 1.29 is 4.79 Å². The first-order valence-corrected chi connectivity index (χ1v) is 7.55. The Balaban J connectivity index is 1.93. The molecule has 2 rings (SSSR count). The summed E-state index contributed by atoms with van der Waals surface area (Å²) in [5.74, 6) is 0. The van der Waals surface area contributed by atoms with Crippen molar-refractivity contribution >= 4 is 11.7 Å². The fraction of sp³-hybridized carbons (Fsp3) is 0.562. The Labute approximate surface area is 121 Å². The number of carbonyl (C=O) groups is 1. The molecule has 1 aliphatic rings. The van der Waals surface area contributed by atoms with E-state index in [1.807, 2.05) is 36.1 Å². The Kier molecular flexibility index (Phi) is 5.41. The minimum absolute atomic E-state index is 0.00408. The lowest BCUT2D eigenvalue weighted by molar-refractivity contribution is 0.206. The molecule has 4 nitrogen and oxygen atoms in total. The van der Waals surface area contributed by atoms with Crippen molar-refractivity contribution in [2.75, 3.05) is 25.0 Å². The first kappa shape index (κ1) is 14.9. The van der Waals surface area contributed by atoms with Crippen LogP contribution in [0.25, 0.3) is 0 Å². The zero-order valence-corrected chi connectivity index (χ0v) is 12.5. The van der Waals surface area contributed by atoms with Crippen LogP contribution in [0.15, 0.2) is 24.3 Å². The highest BCUT2D eigenvalue weighted by Gasteiger charge is 2.20. The SMILES string of the molecule is CCCN(CC1CCCN1)C(=O)Nc1ccc(C)cc1. The molecular weight excluding hydrogens is 250 g/mol. The Morgan fingerprint density at radius 2 is 2.15 bits per heavy atom. The van der Waals surface area contributed by atoms with E-state index in [2.05, 4.69) is 17.6 Å². The fourth-order valence-corrected chi connectivity index (χ4v) is 2.56. The summed E-state index contributed by atoms with van der Waals surface area (Å²) in [6.07, 6.45) is 3.36. The number of carbonyl (C=O) groups excluding carboxylic acids is 1. The first-order chi connectivity index (χ1) is 9.69. The van der Waals surface area contributed by atoms with Gasteiger partial charge in [-0.25, -0.2) is 4.79 Å². The lowest BCUT2D eigenvalue weighted by Crippen LogP contribution is -2.43. The molecule has 0 saturated carbocycles. The van der Waals surface area contributed by atoms with Gasteiger partial charge >= 0.3 is 6.03 Å². The van der Waals surface area contributed by atoms with Crippen molar-refractivity contribution in [3.63, 3.8) is 0 Å². The van der Waals surface area contributed by atoms with E-state index < -0.39 is 0 Å². The van der Waals surface area contributed by atoms with Crippen molar-refractivity contribution in [2.45, 2.75) is 39.2 Å². The van der Waals surface area contributed by atoms with Gasteiger partial charge in [-0.1, -0.05) is 24.6 Å². The Morgan fingerprint density at radius 3 is 2.75 bits per heavy atom.